The van der Waals surface area contributed by atoms with Gasteiger partial charge in [-0.25, -0.2) is 0 Å². The molecule has 7 nitrogen and oxygen atoms in total. The normalized spacial score (nSPS) is 18.6. The van der Waals surface area contributed by atoms with E-state index in [1.807, 2.05) is 34.1 Å². The van der Waals surface area contributed by atoms with E-state index in [2.05, 4.69) is 9.97 Å². The van der Waals surface area contributed by atoms with Crippen LogP contribution in [0.2, 0.25) is 5.02 Å². The monoisotopic (exact) mass is 401 g/mol. The lowest BCUT2D eigenvalue weighted by molar-refractivity contribution is -0.144. The van der Waals surface area contributed by atoms with Crippen molar-refractivity contribution in [3.05, 3.63) is 51.3 Å². The van der Waals surface area contributed by atoms with E-state index in [-0.39, 0.29) is 17.4 Å². The predicted molar refractivity (Wildman–Crippen MR) is 110 cm³/mol. The number of halogens is 1. The Bertz CT molecular complexity index is 915. The minimum absolute atomic E-state index is 0.0834. The van der Waals surface area contributed by atoms with Gasteiger partial charge in [0.15, 0.2) is 0 Å². The lowest BCUT2D eigenvalue weighted by Crippen LogP contribution is -2.65. The number of nitrogen functional groups attached to an aromatic ring is 1. The maximum Gasteiger partial charge on any atom is 0.254 e. The molecule has 0 radical (unpaired) electrons. The van der Waals surface area contributed by atoms with Gasteiger partial charge in [-0.15, -0.1) is 0 Å². The van der Waals surface area contributed by atoms with Gasteiger partial charge >= 0.3 is 0 Å². The zero-order valence-electron chi connectivity index (χ0n) is 15.7. The van der Waals surface area contributed by atoms with Crippen molar-refractivity contribution in [3.63, 3.8) is 0 Å². The van der Waals surface area contributed by atoms with E-state index in [0.29, 0.717) is 30.4 Å². The number of aromatic amines is 1. The Morgan fingerprint density at radius 2 is 1.86 bits per heavy atom. The van der Waals surface area contributed by atoms with Crippen molar-refractivity contribution in [3.8, 4) is 0 Å². The van der Waals surface area contributed by atoms with Crippen molar-refractivity contribution in [2.75, 3.05) is 36.8 Å². The van der Waals surface area contributed by atoms with Gasteiger partial charge in [-0.05, 0) is 43.4 Å². The van der Waals surface area contributed by atoms with E-state index in [1.54, 1.807) is 0 Å². The number of nitrogens with two attached hydrogens (primary N) is 1. The highest BCUT2D eigenvalue weighted by atomic mass is 35.5. The molecule has 4 rings (SSSR count). The Morgan fingerprint density at radius 3 is 2.50 bits per heavy atom. The van der Waals surface area contributed by atoms with Crippen molar-refractivity contribution in [2.45, 2.75) is 25.7 Å². The van der Waals surface area contributed by atoms with E-state index in [4.69, 9.17) is 17.3 Å². The molecule has 2 aliphatic rings. The number of hydrogen-bond donors (Lipinski definition) is 2. The Balaban J connectivity index is 1.58. The van der Waals surface area contributed by atoms with Gasteiger partial charge < -0.3 is 15.5 Å². The van der Waals surface area contributed by atoms with E-state index in [0.717, 1.165) is 31.5 Å². The molecule has 3 heterocycles. The zero-order chi connectivity index (χ0) is 19.7. The first-order valence-electron chi connectivity index (χ1n) is 9.61. The lowest BCUT2D eigenvalue weighted by atomic mass is 9.73. The van der Waals surface area contributed by atoms with Gasteiger partial charge in [-0.2, -0.15) is 4.98 Å². The Kier molecular flexibility index (Phi) is 5.02. The van der Waals surface area contributed by atoms with Crippen LogP contribution in [-0.4, -0.2) is 47.0 Å². The lowest BCUT2D eigenvalue weighted by Gasteiger charge is -2.51. The van der Waals surface area contributed by atoms with Crippen LogP contribution in [0.25, 0.3) is 0 Å². The summed E-state index contributed by atoms with van der Waals surface area (Å²) < 4.78 is 0. The minimum atomic E-state index is -0.524. The number of amides is 1. The van der Waals surface area contributed by atoms with Crippen molar-refractivity contribution < 1.29 is 4.79 Å². The highest BCUT2D eigenvalue weighted by Crippen LogP contribution is 2.39. The Morgan fingerprint density at radius 1 is 1.18 bits per heavy atom. The molecule has 0 spiro atoms. The fourth-order valence-electron chi connectivity index (χ4n) is 4.22. The number of carbonyl (C=O) groups is 1. The summed E-state index contributed by atoms with van der Waals surface area (Å²) in [6, 6.07) is 9.07. The maximum absolute atomic E-state index is 13.4. The average Bonchev–Trinajstić information content (AvgIpc) is 2.65. The van der Waals surface area contributed by atoms with Gasteiger partial charge in [0.25, 0.3) is 5.56 Å². The second kappa shape index (κ2) is 7.47. The molecule has 1 aromatic heterocycles. The van der Waals surface area contributed by atoms with E-state index < -0.39 is 5.41 Å². The Hall–Kier alpha value is -2.54. The number of nitrogens with zero attached hydrogens (tertiary/aromatic N) is 3. The summed E-state index contributed by atoms with van der Waals surface area (Å²) in [7, 11) is 0. The first-order valence-corrected chi connectivity index (χ1v) is 9.99. The van der Waals surface area contributed by atoms with Gasteiger partial charge in [0, 0.05) is 37.3 Å². The van der Waals surface area contributed by atoms with Crippen LogP contribution < -0.4 is 16.2 Å². The molecule has 2 aromatic rings. The number of carbonyl (C=O) groups excluding carboxylic acids is 1. The smallest absolute Gasteiger partial charge is 0.254 e. The van der Waals surface area contributed by atoms with Crippen molar-refractivity contribution in [2.24, 2.45) is 5.41 Å². The number of H-pyrrole nitrogens is 1. The first kappa shape index (κ1) is 18.8. The minimum Gasteiger partial charge on any atom is -0.369 e. The Labute approximate surface area is 168 Å². The third-order valence-electron chi connectivity index (χ3n) is 5.61. The molecular formula is C20H24ClN5O2. The topological polar surface area (TPSA) is 95.3 Å². The van der Waals surface area contributed by atoms with Crippen LogP contribution in [0.5, 0.6) is 0 Å². The highest BCUT2D eigenvalue weighted by Gasteiger charge is 2.51. The summed E-state index contributed by atoms with van der Waals surface area (Å²) in [4.78, 5) is 35.8. The summed E-state index contributed by atoms with van der Waals surface area (Å²) in [6.45, 7) is 2.66. The maximum atomic E-state index is 13.4. The molecule has 3 N–H and O–H groups in total. The molecule has 8 heteroatoms. The molecule has 28 heavy (non-hydrogen) atoms. The molecule has 1 aromatic carbocycles. The van der Waals surface area contributed by atoms with Gasteiger partial charge in [0.1, 0.15) is 5.82 Å². The molecule has 0 bridgehead atoms. The molecule has 148 valence electrons. The average molecular weight is 402 g/mol. The first-order chi connectivity index (χ1) is 13.4. The zero-order valence-corrected chi connectivity index (χ0v) is 16.4. The van der Waals surface area contributed by atoms with Crippen LogP contribution in [-0.2, 0) is 11.2 Å². The summed E-state index contributed by atoms with van der Waals surface area (Å²) in [5, 5.41) is 0.679. The molecule has 0 saturated carbocycles. The van der Waals surface area contributed by atoms with Gasteiger partial charge in [0.05, 0.1) is 5.41 Å². The molecule has 2 saturated heterocycles. The fourth-order valence-corrected chi connectivity index (χ4v) is 4.35. The summed E-state index contributed by atoms with van der Waals surface area (Å²) in [5.74, 6) is 0.788. The molecule has 0 aliphatic carbocycles. The molecule has 0 unspecified atom stereocenters. The number of hydrogen-bond acceptors (Lipinski definition) is 5. The second-order valence-corrected chi connectivity index (χ2v) is 8.22. The van der Waals surface area contributed by atoms with Gasteiger partial charge in [0.2, 0.25) is 11.9 Å². The van der Waals surface area contributed by atoms with Gasteiger partial charge in [-0.3, -0.25) is 14.6 Å². The van der Waals surface area contributed by atoms with Crippen LogP contribution in [0.1, 0.15) is 24.8 Å². The SMILES string of the molecule is Nc1nc(N2CC(Cc3ccc(Cl)cc3)(C(=O)N3CCCCC3)C2)cc(=O)[nH]1. The predicted octanol–water partition coefficient (Wildman–Crippen LogP) is 2.07. The van der Waals surface area contributed by atoms with E-state index in [9.17, 15) is 9.59 Å². The van der Waals surface area contributed by atoms with Crippen LogP contribution in [0.3, 0.4) is 0 Å². The molecule has 0 atom stereocenters. The van der Waals surface area contributed by atoms with Crippen molar-refractivity contribution >= 4 is 29.3 Å². The van der Waals surface area contributed by atoms with Crippen LogP contribution in [0.4, 0.5) is 11.8 Å². The van der Waals surface area contributed by atoms with Crippen molar-refractivity contribution in [1.29, 1.82) is 0 Å². The van der Waals surface area contributed by atoms with E-state index in [1.165, 1.54) is 12.5 Å². The van der Waals surface area contributed by atoms with Crippen molar-refractivity contribution in [1.82, 2.24) is 14.9 Å². The number of piperidine rings is 1. The third kappa shape index (κ3) is 3.71. The number of likely N-dealkylation sites (tertiary alicyclic amines) is 1. The quantitative estimate of drug-likeness (QED) is 0.817. The highest BCUT2D eigenvalue weighted by molar-refractivity contribution is 6.30. The standard InChI is InChI=1S/C20H24ClN5O2/c21-15-6-4-14(5-7-15)11-20(18(28)25-8-2-1-3-9-25)12-26(13-20)16-10-17(27)24-19(22)23-16/h4-7,10H,1-3,8-9,11-13H2,(H3,22,23,24,27). The number of rotatable bonds is 4. The van der Waals surface area contributed by atoms with Crippen LogP contribution in [0, 0.1) is 5.41 Å². The number of benzene rings is 1. The molecule has 2 aliphatic heterocycles. The number of anilines is 2. The summed E-state index contributed by atoms with van der Waals surface area (Å²) >= 11 is 6.01. The van der Waals surface area contributed by atoms with Gasteiger partial charge in [-0.1, -0.05) is 23.7 Å². The number of nitrogens with one attached hydrogen (secondary N) is 1. The second-order valence-electron chi connectivity index (χ2n) is 7.78. The molecular weight excluding hydrogens is 378 g/mol. The third-order valence-corrected chi connectivity index (χ3v) is 5.86. The summed E-state index contributed by atoms with van der Waals surface area (Å²) in [5.41, 5.74) is 5.94. The molecule has 1 amide bonds. The largest absolute Gasteiger partial charge is 0.369 e. The number of aromatic nitrogens is 2. The van der Waals surface area contributed by atoms with Crippen LogP contribution >= 0.6 is 11.6 Å². The van der Waals surface area contributed by atoms with Crippen LogP contribution in [0.15, 0.2) is 35.1 Å². The fraction of sp³-hybridized carbons (Fsp3) is 0.450. The van der Waals surface area contributed by atoms with E-state index >= 15 is 0 Å². The summed E-state index contributed by atoms with van der Waals surface area (Å²) in [6.07, 6.45) is 3.92. The molecule has 2 fully saturated rings.